The minimum absolute atomic E-state index is 0.119. The third-order valence-corrected chi connectivity index (χ3v) is 11.9. The molecule has 0 amide bonds. The zero-order valence-electron chi connectivity index (χ0n) is 46.4. The molecule has 0 aliphatic carbocycles. The number of carbonyl (C=O) groups is 3. The van der Waals surface area contributed by atoms with Crippen molar-refractivity contribution in [1.29, 1.82) is 0 Å². The SMILES string of the molecule is CC/C=C\C/C=C\C/C=C\C/C=C\C/C=C\C/C=C\CCCCCCC(=O)OCC(COC(=O)CC/C=C\C/C=C\C/C=C\C/C=C\CC)OC(=O)CCCCCCCCC/C=C\CCCCCCCCC. The van der Waals surface area contributed by atoms with Crippen LogP contribution in [0.3, 0.4) is 0 Å². The second-order valence-electron chi connectivity index (χ2n) is 18.8. The molecule has 0 aromatic rings. The van der Waals surface area contributed by atoms with Gasteiger partial charge in [0, 0.05) is 19.3 Å². The van der Waals surface area contributed by atoms with Crippen LogP contribution in [0.4, 0.5) is 0 Å². The zero-order valence-corrected chi connectivity index (χ0v) is 46.4. The normalized spacial score (nSPS) is 13.1. The van der Waals surface area contributed by atoms with Crippen LogP contribution in [0, 0.1) is 0 Å². The van der Waals surface area contributed by atoms with E-state index in [2.05, 4.69) is 142 Å². The molecule has 1 unspecified atom stereocenters. The van der Waals surface area contributed by atoms with Crippen molar-refractivity contribution in [3.8, 4) is 0 Å². The van der Waals surface area contributed by atoms with Crippen molar-refractivity contribution in [3.05, 3.63) is 134 Å². The molecule has 6 nitrogen and oxygen atoms in total. The molecule has 0 rings (SSSR count). The molecule has 0 N–H and O–H groups in total. The van der Waals surface area contributed by atoms with Crippen molar-refractivity contribution in [2.24, 2.45) is 0 Å². The van der Waals surface area contributed by atoms with E-state index in [-0.39, 0.29) is 37.5 Å². The van der Waals surface area contributed by atoms with Gasteiger partial charge in [-0.1, -0.05) is 238 Å². The smallest absolute Gasteiger partial charge is 0.306 e. The van der Waals surface area contributed by atoms with Gasteiger partial charge >= 0.3 is 17.9 Å². The van der Waals surface area contributed by atoms with E-state index >= 15 is 0 Å². The lowest BCUT2D eigenvalue weighted by Gasteiger charge is -2.18. The van der Waals surface area contributed by atoms with Gasteiger partial charge in [-0.15, -0.1) is 0 Å². The van der Waals surface area contributed by atoms with E-state index in [1.807, 2.05) is 12.2 Å². The van der Waals surface area contributed by atoms with Crippen LogP contribution in [0.2, 0.25) is 0 Å². The number of carbonyl (C=O) groups excluding carboxylic acids is 3. The molecule has 0 aliphatic heterocycles. The highest BCUT2D eigenvalue weighted by atomic mass is 16.6. The summed E-state index contributed by atoms with van der Waals surface area (Å²) in [6, 6.07) is 0. The number of rotatable bonds is 51. The van der Waals surface area contributed by atoms with E-state index in [0.29, 0.717) is 19.3 Å². The lowest BCUT2D eigenvalue weighted by molar-refractivity contribution is -0.166. The van der Waals surface area contributed by atoms with E-state index < -0.39 is 6.10 Å². The van der Waals surface area contributed by atoms with Crippen LogP contribution < -0.4 is 0 Å². The Hall–Kier alpha value is -4.45. The van der Waals surface area contributed by atoms with Crippen molar-refractivity contribution < 1.29 is 28.6 Å². The molecule has 72 heavy (non-hydrogen) atoms. The van der Waals surface area contributed by atoms with Gasteiger partial charge < -0.3 is 14.2 Å². The summed E-state index contributed by atoms with van der Waals surface area (Å²) in [5.41, 5.74) is 0. The summed E-state index contributed by atoms with van der Waals surface area (Å²) in [5.74, 6) is -1.03. The highest BCUT2D eigenvalue weighted by Crippen LogP contribution is 2.14. The molecule has 0 aliphatic rings. The Kier molecular flexibility index (Phi) is 55.5. The summed E-state index contributed by atoms with van der Waals surface area (Å²) >= 11 is 0. The van der Waals surface area contributed by atoms with Crippen molar-refractivity contribution in [3.63, 3.8) is 0 Å². The van der Waals surface area contributed by atoms with Gasteiger partial charge in [-0.05, 0) is 122 Å². The molecular formula is C66H106O6. The van der Waals surface area contributed by atoms with Crippen LogP contribution in [0.1, 0.15) is 245 Å². The van der Waals surface area contributed by atoms with Gasteiger partial charge in [-0.2, -0.15) is 0 Å². The van der Waals surface area contributed by atoms with Crippen LogP contribution in [0.15, 0.2) is 134 Å². The predicted molar refractivity (Wildman–Crippen MR) is 311 cm³/mol. The second kappa shape index (κ2) is 59.1. The molecule has 0 spiro atoms. The average molecular weight is 996 g/mol. The van der Waals surface area contributed by atoms with Crippen LogP contribution in [-0.4, -0.2) is 37.2 Å². The van der Waals surface area contributed by atoms with Gasteiger partial charge in [-0.3, -0.25) is 14.4 Å². The summed E-state index contributed by atoms with van der Waals surface area (Å²) in [7, 11) is 0. The molecule has 1 atom stereocenters. The first-order valence-electron chi connectivity index (χ1n) is 29.2. The highest BCUT2D eigenvalue weighted by molar-refractivity contribution is 5.71. The quantitative estimate of drug-likeness (QED) is 0.0261. The Balaban J connectivity index is 4.49. The minimum Gasteiger partial charge on any atom is -0.462 e. The Morgan fingerprint density at radius 2 is 0.569 bits per heavy atom. The first-order chi connectivity index (χ1) is 35.5. The van der Waals surface area contributed by atoms with Gasteiger partial charge in [0.2, 0.25) is 0 Å². The molecule has 0 saturated heterocycles. The van der Waals surface area contributed by atoms with Crippen LogP contribution in [0.5, 0.6) is 0 Å². The maximum absolute atomic E-state index is 12.9. The summed E-state index contributed by atoms with van der Waals surface area (Å²) in [6.07, 6.45) is 83.2. The standard InChI is InChI=1S/C66H106O6/c1-4-7-10-13-16-19-22-25-27-29-31-32-33-34-35-37-38-41-44-47-50-53-56-59-65(68)71-62-63(61-70-64(67)58-55-52-49-46-43-40-24-21-18-15-12-9-6-3)72-66(69)60-57-54-51-48-45-42-39-36-30-28-26-23-20-17-14-11-8-5-2/h7,9-10,12,16,18-19,21,25,27-28,30-32,34-35,38,40-41,43,49,52,63H,4-6,8,11,13-15,17,20,22-24,26,29,33,36-37,39,42,44-48,50-51,53-62H2,1-3H3/b10-7-,12-9-,19-16-,21-18-,27-25-,30-28-,32-31-,35-34-,41-38-,43-40-,52-49-. The maximum Gasteiger partial charge on any atom is 0.306 e. The van der Waals surface area contributed by atoms with Gasteiger partial charge in [-0.25, -0.2) is 0 Å². The van der Waals surface area contributed by atoms with E-state index in [4.69, 9.17) is 14.2 Å². The molecule has 0 saturated carbocycles. The van der Waals surface area contributed by atoms with Crippen molar-refractivity contribution in [2.45, 2.75) is 252 Å². The Labute approximate surface area is 443 Å². The number of unbranched alkanes of at least 4 members (excludes halogenated alkanes) is 18. The number of ether oxygens (including phenoxy) is 3. The molecule has 0 bridgehead atoms. The lowest BCUT2D eigenvalue weighted by atomic mass is 10.1. The van der Waals surface area contributed by atoms with E-state index in [1.165, 1.54) is 83.5 Å². The Bertz CT molecular complexity index is 1560. The largest absolute Gasteiger partial charge is 0.462 e. The third-order valence-electron chi connectivity index (χ3n) is 11.9. The van der Waals surface area contributed by atoms with Crippen LogP contribution >= 0.6 is 0 Å². The average Bonchev–Trinajstić information content (AvgIpc) is 3.38. The highest BCUT2D eigenvalue weighted by Gasteiger charge is 2.19. The van der Waals surface area contributed by atoms with Gasteiger partial charge in [0.25, 0.3) is 0 Å². The molecule has 0 fully saturated rings. The Morgan fingerprint density at radius 3 is 0.944 bits per heavy atom. The van der Waals surface area contributed by atoms with Crippen molar-refractivity contribution in [2.75, 3.05) is 13.2 Å². The number of esters is 3. The lowest BCUT2D eigenvalue weighted by Crippen LogP contribution is -2.30. The molecule has 6 heteroatoms. The summed E-state index contributed by atoms with van der Waals surface area (Å²) in [5, 5.41) is 0. The first-order valence-corrected chi connectivity index (χ1v) is 29.2. The first kappa shape index (κ1) is 67.5. The summed E-state index contributed by atoms with van der Waals surface area (Å²) in [6.45, 7) is 6.31. The topological polar surface area (TPSA) is 78.9 Å². The van der Waals surface area contributed by atoms with Crippen molar-refractivity contribution >= 4 is 17.9 Å². The van der Waals surface area contributed by atoms with E-state index in [9.17, 15) is 14.4 Å². The minimum atomic E-state index is -0.825. The Morgan fingerprint density at radius 1 is 0.292 bits per heavy atom. The molecule has 0 aromatic carbocycles. The zero-order chi connectivity index (χ0) is 52.2. The number of hydrogen-bond acceptors (Lipinski definition) is 6. The molecule has 406 valence electrons. The molecule has 0 aromatic heterocycles. The van der Waals surface area contributed by atoms with Crippen molar-refractivity contribution in [1.82, 2.24) is 0 Å². The van der Waals surface area contributed by atoms with Gasteiger partial charge in [0.05, 0.1) is 0 Å². The van der Waals surface area contributed by atoms with E-state index in [1.54, 1.807) is 0 Å². The van der Waals surface area contributed by atoms with Gasteiger partial charge in [0.15, 0.2) is 6.10 Å². The maximum atomic E-state index is 12.9. The predicted octanol–water partition coefficient (Wildman–Crippen LogP) is 19.8. The van der Waals surface area contributed by atoms with Crippen LogP contribution in [0.25, 0.3) is 0 Å². The third kappa shape index (κ3) is 56.5. The van der Waals surface area contributed by atoms with E-state index in [0.717, 1.165) is 116 Å². The number of hydrogen-bond donors (Lipinski definition) is 0. The fourth-order valence-electron chi connectivity index (χ4n) is 7.57. The monoisotopic (exact) mass is 995 g/mol. The van der Waals surface area contributed by atoms with Crippen LogP contribution in [-0.2, 0) is 28.6 Å². The molecule has 0 radical (unpaired) electrons. The molecule has 0 heterocycles. The molecular weight excluding hydrogens is 889 g/mol. The summed E-state index contributed by atoms with van der Waals surface area (Å²) in [4.78, 5) is 38.1. The second-order valence-corrected chi connectivity index (χ2v) is 18.8. The van der Waals surface area contributed by atoms with Gasteiger partial charge in [0.1, 0.15) is 13.2 Å². The fraction of sp³-hybridized carbons (Fsp3) is 0.621. The number of allylic oxidation sites excluding steroid dienone is 22. The fourth-order valence-corrected chi connectivity index (χ4v) is 7.57. The summed E-state index contributed by atoms with van der Waals surface area (Å²) < 4.78 is 16.8.